The molecule has 1 aromatic heterocycles. The number of carbonyl (C=O) groups is 2. The minimum absolute atomic E-state index is 0.0716. The van der Waals surface area contributed by atoms with Crippen LogP contribution in [0, 0.1) is 0 Å². The summed E-state index contributed by atoms with van der Waals surface area (Å²) < 4.78 is 10.1. The molecule has 0 fully saturated rings. The van der Waals surface area contributed by atoms with Gasteiger partial charge >= 0.3 is 5.97 Å². The van der Waals surface area contributed by atoms with E-state index in [-0.39, 0.29) is 33.9 Å². The van der Waals surface area contributed by atoms with Crippen LogP contribution in [-0.4, -0.2) is 18.4 Å². The van der Waals surface area contributed by atoms with Crippen LogP contribution in [0.3, 0.4) is 0 Å². The third-order valence-electron chi connectivity index (χ3n) is 2.77. The first-order valence-corrected chi connectivity index (χ1v) is 7.77. The number of rotatable bonds is 6. The van der Waals surface area contributed by atoms with E-state index >= 15 is 0 Å². The molecule has 0 atom stereocenters. The van der Waals surface area contributed by atoms with Gasteiger partial charge in [0.2, 0.25) is 0 Å². The van der Waals surface area contributed by atoms with Gasteiger partial charge in [-0.1, -0.05) is 34.8 Å². The molecular formula is C15H12Cl3NO4. The number of esters is 1. The molecule has 0 aliphatic heterocycles. The molecule has 23 heavy (non-hydrogen) atoms. The Hall–Kier alpha value is -1.69. The summed E-state index contributed by atoms with van der Waals surface area (Å²) in [7, 11) is 0. The molecular weight excluding hydrogens is 365 g/mol. The van der Waals surface area contributed by atoms with Crippen molar-refractivity contribution in [2.24, 2.45) is 0 Å². The van der Waals surface area contributed by atoms with E-state index in [1.165, 1.54) is 18.4 Å². The zero-order valence-corrected chi connectivity index (χ0v) is 14.0. The fourth-order valence-electron chi connectivity index (χ4n) is 1.72. The van der Waals surface area contributed by atoms with Crippen molar-refractivity contribution in [2.75, 3.05) is 6.54 Å². The molecule has 0 aliphatic carbocycles. The Balaban J connectivity index is 1.77. The van der Waals surface area contributed by atoms with E-state index in [1.54, 1.807) is 12.1 Å². The first-order valence-electron chi connectivity index (χ1n) is 6.64. The lowest BCUT2D eigenvalue weighted by atomic mass is 10.3. The molecule has 0 bridgehead atoms. The molecule has 1 N–H and O–H groups in total. The summed E-state index contributed by atoms with van der Waals surface area (Å²) in [4.78, 5) is 23.4. The fraction of sp³-hybridized carbons (Fsp3) is 0.200. The molecule has 2 rings (SSSR count). The van der Waals surface area contributed by atoms with E-state index in [2.05, 4.69) is 5.32 Å². The first kappa shape index (κ1) is 17.7. The Morgan fingerprint density at radius 3 is 2.48 bits per heavy atom. The van der Waals surface area contributed by atoms with E-state index in [0.29, 0.717) is 18.0 Å². The van der Waals surface area contributed by atoms with Crippen molar-refractivity contribution >= 4 is 46.7 Å². The Kier molecular flexibility index (Phi) is 6.33. The number of ether oxygens (including phenoxy) is 1. The van der Waals surface area contributed by atoms with Gasteiger partial charge in [-0.2, -0.15) is 0 Å². The quantitative estimate of drug-likeness (QED) is 0.462. The number of hydrogen-bond acceptors (Lipinski definition) is 4. The molecule has 1 amide bonds. The molecule has 0 aliphatic rings. The summed E-state index contributed by atoms with van der Waals surface area (Å²) in [5, 5.41) is 3.28. The highest BCUT2D eigenvalue weighted by Gasteiger charge is 2.14. The van der Waals surface area contributed by atoms with Crippen molar-refractivity contribution in [3.05, 3.63) is 51.4 Å². The third-order valence-corrected chi connectivity index (χ3v) is 3.55. The number of hydrogen-bond donors (Lipinski definition) is 1. The summed E-state index contributed by atoms with van der Waals surface area (Å²) in [6.07, 6.45) is 1.90. The standard InChI is InChI=1S/C15H12Cl3NO4/c16-9-7-10(17)14(11(18)8-9)23-13(20)4-1-5-19-15(21)12-3-2-6-22-12/h2-3,6-8H,1,4-5H2,(H,19,21). The van der Waals surface area contributed by atoms with Gasteiger partial charge in [0, 0.05) is 18.0 Å². The minimum atomic E-state index is -0.511. The Bertz CT molecular complexity index is 678. The molecule has 0 spiro atoms. The first-order chi connectivity index (χ1) is 11.0. The van der Waals surface area contributed by atoms with Crippen molar-refractivity contribution in [2.45, 2.75) is 12.8 Å². The molecule has 5 nitrogen and oxygen atoms in total. The number of furan rings is 1. The predicted octanol–water partition coefficient (Wildman–Crippen LogP) is 4.36. The predicted molar refractivity (Wildman–Crippen MR) is 87.4 cm³/mol. The number of benzene rings is 1. The van der Waals surface area contributed by atoms with E-state index < -0.39 is 5.97 Å². The van der Waals surface area contributed by atoms with Gasteiger partial charge in [-0.25, -0.2) is 0 Å². The summed E-state index contributed by atoms with van der Waals surface area (Å²) in [6.45, 7) is 0.302. The zero-order valence-electron chi connectivity index (χ0n) is 11.8. The highest BCUT2D eigenvalue weighted by molar-refractivity contribution is 6.40. The van der Waals surface area contributed by atoms with Gasteiger partial charge in [-0.15, -0.1) is 0 Å². The molecule has 122 valence electrons. The SMILES string of the molecule is O=C(CCCNC(=O)c1ccco1)Oc1c(Cl)cc(Cl)cc1Cl. The second-order valence-electron chi connectivity index (χ2n) is 4.51. The van der Waals surface area contributed by atoms with Crippen LogP contribution in [0.5, 0.6) is 5.75 Å². The molecule has 2 aromatic rings. The van der Waals surface area contributed by atoms with Crippen LogP contribution in [0.4, 0.5) is 0 Å². The molecule has 0 radical (unpaired) electrons. The van der Waals surface area contributed by atoms with Gasteiger partial charge in [-0.3, -0.25) is 9.59 Å². The van der Waals surface area contributed by atoms with Crippen molar-refractivity contribution < 1.29 is 18.7 Å². The van der Waals surface area contributed by atoms with Gasteiger partial charge in [0.25, 0.3) is 5.91 Å². The second kappa shape index (κ2) is 8.24. The van der Waals surface area contributed by atoms with Crippen LogP contribution < -0.4 is 10.1 Å². The lowest BCUT2D eigenvalue weighted by Gasteiger charge is -2.09. The van der Waals surface area contributed by atoms with Crippen LogP contribution in [0.2, 0.25) is 15.1 Å². The molecule has 1 heterocycles. The average molecular weight is 377 g/mol. The smallest absolute Gasteiger partial charge is 0.311 e. The third kappa shape index (κ3) is 5.16. The van der Waals surface area contributed by atoms with Crippen molar-refractivity contribution in [3.8, 4) is 5.75 Å². The molecule has 0 unspecified atom stereocenters. The molecule has 0 saturated carbocycles. The summed E-state index contributed by atoms with van der Waals surface area (Å²) in [5.41, 5.74) is 0. The lowest BCUT2D eigenvalue weighted by molar-refractivity contribution is -0.134. The Labute approximate surface area is 147 Å². The maximum Gasteiger partial charge on any atom is 0.311 e. The molecule has 8 heteroatoms. The van der Waals surface area contributed by atoms with E-state index in [0.717, 1.165) is 0 Å². The van der Waals surface area contributed by atoms with E-state index in [1.807, 2.05) is 0 Å². The normalized spacial score (nSPS) is 10.4. The van der Waals surface area contributed by atoms with Gasteiger partial charge < -0.3 is 14.5 Å². The number of carbonyl (C=O) groups excluding carboxylic acids is 2. The maximum absolute atomic E-state index is 11.8. The second-order valence-corrected chi connectivity index (χ2v) is 5.76. The number of nitrogens with one attached hydrogen (secondary N) is 1. The average Bonchev–Trinajstić information content (AvgIpc) is 3.01. The Morgan fingerprint density at radius 1 is 1.17 bits per heavy atom. The highest BCUT2D eigenvalue weighted by Crippen LogP contribution is 2.36. The van der Waals surface area contributed by atoms with Crippen molar-refractivity contribution in [1.82, 2.24) is 5.32 Å². The Morgan fingerprint density at radius 2 is 1.87 bits per heavy atom. The molecule has 0 saturated heterocycles. The topological polar surface area (TPSA) is 68.5 Å². The minimum Gasteiger partial charge on any atom is -0.459 e. The van der Waals surface area contributed by atoms with E-state index in [4.69, 9.17) is 44.0 Å². The van der Waals surface area contributed by atoms with Crippen LogP contribution in [-0.2, 0) is 4.79 Å². The van der Waals surface area contributed by atoms with E-state index in [9.17, 15) is 9.59 Å². The zero-order chi connectivity index (χ0) is 16.8. The lowest BCUT2D eigenvalue weighted by Crippen LogP contribution is -2.24. The number of halogens is 3. The van der Waals surface area contributed by atoms with Crippen LogP contribution in [0.1, 0.15) is 23.4 Å². The maximum atomic E-state index is 11.8. The van der Waals surface area contributed by atoms with Gasteiger partial charge in [-0.05, 0) is 30.7 Å². The monoisotopic (exact) mass is 375 g/mol. The van der Waals surface area contributed by atoms with Crippen LogP contribution in [0.15, 0.2) is 34.9 Å². The molecule has 1 aromatic carbocycles. The van der Waals surface area contributed by atoms with Gasteiger partial charge in [0.15, 0.2) is 11.5 Å². The summed E-state index contributed by atoms with van der Waals surface area (Å²) in [6, 6.07) is 6.03. The summed E-state index contributed by atoms with van der Waals surface area (Å²) in [5.74, 6) is -0.565. The highest BCUT2D eigenvalue weighted by atomic mass is 35.5. The van der Waals surface area contributed by atoms with Gasteiger partial charge in [0.1, 0.15) is 0 Å². The van der Waals surface area contributed by atoms with Crippen LogP contribution >= 0.6 is 34.8 Å². The van der Waals surface area contributed by atoms with Gasteiger partial charge in [0.05, 0.1) is 16.3 Å². The van der Waals surface area contributed by atoms with Crippen molar-refractivity contribution in [1.29, 1.82) is 0 Å². The summed E-state index contributed by atoms with van der Waals surface area (Å²) >= 11 is 17.6. The number of amides is 1. The van der Waals surface area contributed by atoms with Crippen LogP contribution in [0.25, 0.3) is 0 Å². The fourth-order valence-corrected chi connectivity index (χ4v) is 2.61. The van der Waals surface area contributed by atoms with Crippen molar-refractivity contribution in [3.63, 3.8) is 0 Å². The largest absolute Gasteiger partial charge is 0.459 e.